The number of rotatable bonds is 9. The number of carbonyl (C=O) groups excluding carboxylic acids is 2. The highest BCUT2D eigenvalue weighted by molar-refractivity contribution is 5.94. The molecule has 1 aliphatic rings. The van der Waals surface area contributed by atoms with Crippen molar-refractivity contribution in [1.29, 1.82) is 0 Å². The predicted octanol–water partition coefficient (Wildman–Crippen LogP) is 2.13. The zero-order chi connectivity index (χ0) is 19.8. The molecule has 2 amide bonds. The Balaban J connectivity index is 1.54. The molecule has 0 saturated carbocycles. The maximum atomic E-state index is 12.8. The van der Waals surface area contributed by atoms with Gasteiger partial charge in [0.15, 0.2) is 5.82 Å². The number of amides is 2. The molecular weight excluding hydrogens is 360 g/mol. The van der Waals surface area contributed by atoms with Crippen molar-refractivity contribution in [3.8, 4) is 0 Å². The lowest BCUT2D eigenvalue weighted by Crippen LogP contribution is -2.31. The van der Waals surface area contributed by atoms with Gasteiger partial charge in [-0.1, -0.05) is 23.4 Å². The molecule has 150 valence electrons. The van der Waals surface area contributed by atoms with Gasteiger partial charge < -0.3 is 19.5 Å². The van der Waals surface area contributed by atoms with Crippen LogP contribution in [0, 0.1) is 0 Å². The normalized spacial score (nSPS) is 16.3. The smallest absolute Gasteiger partial charge is 0.254 e. The highest BCUT2D eigenvalue weighted by atomic mass is 16.5. The first-order valence-electron chi connectivity index (χ1n) is 9.63. The number of likely N-dealkylation sites (tertiary alicyclic amines) is 1. The minimum absolute atomic E-state index is 0.0233. The Bertz CT molecular complexity index is 778. The number of nitrogens with one attached hydrogen (secondary N) is 1. The van der Waals surface area contributed by atoms with Gasteiger partial charge in [0.05, 0.1) is 6.04 Å². The average Bonchev–Trinajstić information content (AvgIpc) is 3.39. The zero-order valence-electron chi connectivity index (χ0n) is 16.1. The Kier molecular flexibility index (Phi) is 7.13. The van der Waals surface area contributed by atoms with Gasteiger partial charge in [-0.05, 0) is 31.4 Å². The summed E-state index contributed by atoms with van der Waals surface area (Å²) in [5, 5.41) is 6.89. The molecule has 1 N–H and O–H groups in total. The molecule has 8 nitrogen and oxygen atoms in total. The van der Waals surface area contributed by atoms with Crippen molar-refractivity contribution in [2.45, 2.75) is 38.1 Å². The largest absolute Gasteiger partial charge is 0.385 e. The lowest BCUT2D eigenvalue weighted by molar-refractivity contribution is -0.121. The van der Waals surface area contributed by atoms with E-state index in [1.807, 2.05) is 30.3 Å². The number of aromatic nitrogens is 2. The minimum atomic E-state index is -0.187. The Morgan fingerprint density at radius 1 is 1.32 bits per heavy atom. The first-order chi connectivity index (χ1) is 13.7. The molecule has 2 aromatic rings. The molecule has 0 spiro atoms. The molecule has 1 aromatic carbocycles. The first-order valence-corrected chi connectivity index (χ1v) is 9.63. The molecule has 1 atom stereocenters. The van der Waals surface area contributed by atoms with Crippen LogP contribution >= 0.6 is 0 Å². The number of benzene rings is 1. The van der Waals surface area contributed by atoms with Crippen LogP contribution < -0.4 is 5.32 Å². The van der Waals surface area contributed by atoms with E-state index in [9.17, 15) is 9.59 Å². The quantitative estimate of drug-likeness (QED) is 0.663. The Morgan fingerprint density at radius 2 is 2.14 bits per heavy atom. The van der Waals surface area contributed by atoms with Crippen LogP contribution in [0.25, 0.3) is 0 Å². The molecule has 1 saturated heterocycles. The summed E-state index contributed by atoms with van der Waals surface area (Å²) in [7, 11) is 1.63. The first kappa shape index (κ1) is 20.0. The number of aryl methyl sites for hydroxylation is 1. The fourth-order valence-electron chi connectivity index (χ4n) is 3.28. The molecular formula is C20H26N4O4. The Labute approximate surface area is 164 Å². The zero-order valence-corrected chi connectivity index (χ0v) is 16.1. The van der Waals surface area contributed by atoms with Crippen molar-refractivity contribution in [2.75, 3.05) is 26.8 Å². The van der Waals surface area contributed by atoms with Gasteiger partial charge >= 0.3 is 0 Å². The molecule has 1 aliphatic heterocycles. The summed E-state index contributed by atoms with van der Waals surface area (Å²) < 4.78 is 10.3. The van der Waals surface area contributed by atoms with Crippen molar-refractivity contribution in [2.24, 2.45) is 0 Å². The van der Waals surface area contributed by atoms with E-state index in [2.05, 4.69) is 15.5 Å². The van der Waals surface area contributed by atoms with E-state index < -0.39 is 0 Å². The molecule has 1 fully saturated rings. The lowest BCUT2D eigenvalue weighted by atomic mass is 10.1. The summed E-state index contributed by atoms with van der Waals surface area (Å²) in [6.07, 6.45) is 3.14. The van der Waals surface area contributed by atoms with Crippen LogP contribution in [0.2, 0.25) is 0 Å². The predicted molar refractivity (Wildman–Crippen MR) is 102 cm³/mol. The molecule has 8 heteroatoms. The van der Waals surface area contributed by atoms with Crippen LogP contribution in [0.15, 0.2) is 34.9 Å². The van der Waals surface area contributed by atoms with Gasteiger partial charge in [-0.3, -0.25) is 9.59 Å². The molecule has 2 heterocycles. The number of nitrogens with zero attached hydrogens (tertiary/aromatic N) is 3. The standard InChI is InChI=1S/C20H26N4O4/c1-27-14-6-12-21-17(25)10-11-18-22-19(23-28-18)16-9-5-13-24(16)20(26)15-7-3-2-4-8-15/h2-4,7-8,16H,5-6,9-14H2,1H3,(H,21,25). The summed E-state index contributed by atoms with van der Waals surface area (Å²) in [4.78, 5) is 30.9. The third kappa shape index (κ3) is 5.16. The Morgan fingerprint density at radius 3 is 2.93 bits per heavy atom. The van der Waals surface area contributed by atoms with Gasteiger partial charge in [-0.15, -0.1) is 0 Å². The van der Waals surface area contributed by atoms with Crippen molar-refractivity contribution in [3.63, 3.8) is 0 Å². The molecule has 0 radical (unpaired) electrons. The number of ether oxygens (including phenoxy) is 1. The minimum Gasteiger partial charge on any atom is -0.385 e. The molecule has 1 unspecified atom stereocenters. The molecule has 1 aromatic heterocycles. The van der Waals surface area contributed by atoms with Gasteiger partial charge in [-0.2, -0.15) is 4.98 Å². The molecule has 0 bridgehead atoms. The fraction of sp³-hybridized carbons (Fsp3) is 0.500. The van der Waals surface area contributed by atoms with Gasteiger partial charge in [0.1, 0.15) is 0 Å². The number of carbonyl (C=O) groups is 2. The summed E-state index contributed by atoms with van der Waals surface area (Å²) in [6, 6.07) is 9.02. The van der Waals surface area contributed by atoms with Crippen LogP contribution in [-0.2, 0) is 16.0 Å². The van der Waals surface area contributed by atoms with Crippen LogP contribution in [0.3, 0.4) is 0 Å². The van der Waals surface area contributed by atoms with E-state index >= 15 is 0 Å². The second kappa shape index (κ2) is 9.98. The summed E-state index contributed by atoms with van der Waals surface area (Å²) in [5.74, 6) is 0.848. The van der Waals surface area contributed by atoms with Crippen LogP contribution in [-0.4, -0.2) is 53.7 Å². The maximum absolute atomic E-state index is 12.8. The third-order valence-electron chi connectivity index (χ3n) is 4.73. The highest BCUT2D eigenvalue weighted by Crippen LogP contribution is 2.31. The monoisotopic (exact) mass is 386 g/mol. The number of methoxy groups -OCH3 is 1. The van der Waals surface area contributed by atoms with Crippen LogP contribution in [0.4, 0.5) is 0 Å². The Hall–Kier alpha value is -2.74. The second-order valence-corrected chi connectivity index (χ2v) is 6.77. The molecule has 0 aliphatic carbocycles. The van der Waals surface area contributed by atoms with Crippen molar-refractivity contribution >= 4 is 11.8 Å². The SMILES string of the molecule is COCCCNC(=O)CCc1nc(C2CCCN2C(=O)c2ccccc2)no1. The number of hydrogen-bond donors (Lipinski definition) is 1. The van der Waals surface area contributed by atoms with E-state index in [1.54, 1.807) is 12.0 Å². The van der Waals surface area contributed by atoms with Gasteiger partial charge in [0.25, 0.3) is 5.91 Å². The van der Waals surface area contributed by atoms with E-state index in [0.717, 1.165) is 19.3 Å². The average molecular weight is 386 g/mol. The van der Waals surface area contributed by atoms with E-state index in [0.29, 0.717) is 43.4 Å². The lowest BCUT2D eigenvalue weighted by Gasteiger charge is -2.22. The molecule has 28 heavy (non-hydrogen) atoms. The van der Waals surface area contributed by atoms with Crippen molar-refractivity contribution in [3.05, 3.63) is 47.6 Å². The van der Waals surface area contributed by atoms with Crippen molar-refractivity contribution < 1.29 is 18.8 Å². The second-order valence-electron chi connectivity index (χ2n) is 6.77. The highest BCUT2D eigenvalue weighted by Gasteiger charge is 2.33. The summed E-state index contributed by atoms with van der Waals surface area (Å²) >= 11 is 0. The van der Waals surface area contributed by atoms with Crippen LogP contribution in [0.1, 0.15) is 53.8 Å². The fourth-order valence-corrected chi connectivity index (χ4v) is 3.28. The van der Waals surface area contributed by atoms with Crippen LogP contribution in [0.5, 0.6) is 0 Å². The van der Waals surface area contributed by atoms with Gasteiger partial charge in [0, 0.05) is 45.2 Å². The topological polar surface area (TPSA) is 97.6 Å². The maximum Gasteiger partial charge on any atom is 0.254 e. The summed E-state index contributed by atoms with van der Waals surface area (Å²) in [6.45, 7) is 1.87. The molecule has 3 rings (SSSR count). The number of hydrogen-bond acceptors (Lipinski definition) is 6. The van der Waals surface area contributed by atoms with Gasteiger partial charge in [-0.25, -0.2) is 0 Å². The van der Waals surface area contributed by atoms with Crippen molar-refractivity contribution in [1.82, 2.24) is 20.4 Å². The van der Waals surface area contributed by atoms with E-state index in [1.165, 1.54) is 0 Å². The van der Waals surface area contributed by atoms with E-state index in [4.69, 9.17) is 9.26 Å². The third-order valence-corrected chi connectivity index (χ3v) is 4.73. The van der Waals surface area contributed by atoms with Gasteiger partial charge in [0.2, 0.25) is 11.8 Å². The summed E-state index contributed by atoms with van der Waals surface area (Å²) in [5.41, 5.74) is 0.656. The van der Waals surface area contributed by atoms with E-state index in [-0.39, 0.29) is 24.3 Å².